The van der Waals surface area contributed by atoms with Crippen LogP contribution in [0, 0.1) is 11.3 Å². The molecule has 1 fully saturated rings. The van der Waals surface area contributed by atoms with Crippen molar-refractivity contribution in [2.75, 3.05) is 13.1 Å². The van der Waals surface area contributed by atoms with E-state index < -0.39 is 0 Å². The molecule has 1 N–H and O–H groups in total. The minimum Gasteiger partial charge on any atom is -0.316 e. The van der Waals surface area contributed by atoms with Gasteiger partial charge in [0, 0.05) is 6.54 Å². The fourth-order valence-corrected chi connectivity index (χ4v) is 1.69. The first-order valence-corrected chi connectivity index (χ1v) is 3.87. The van der Waals surface area contributed by atoms with Crippen LogP contribution in [0.3, 0.4) is 0 Å². The summed E-state index contributed by atoms with van der Waals surface area (Å²) >= 11 is 0. The maximum atomic E-state index is 3.41. The lowest BCUT2D eigenvalue weighted by atomic mass is 9.81. The summed E-state index contributed by atoms with van der Waals surface area (Å²) in [6.07, 6.45) is 1.32. The molecule has 0 aromatic carbocycles. The molecule has 1 atom stereocenters. The van der Waals surface area contributed by atoms with Crippen LogP contribution in [0.5, 0.6) is 0 Å². The molecule has 1 rings (SSSR count). The predicted molar refractivity (Wildman–Crippen MR) is 40.4 cm³/mol. The second kappa shape index (κ2) is 2.30. The fraction of sp³-hybridized carbons (Fsp3) is 1.00. The van der Waals surface area contributed by atoms with E-state index in [1.165, 1.54) is 19.5 Å². The van der Waals surface area contributed by atoms with Crippen molar-refractivity contribution >= 4 is 0 Å². The Hall–Kier alpha value is -0.0400. The normalized spacial score (nSPS) is 33.0. The molecule has 1 aliphatic heterocycles. The van der Waals surface area contributed by atoms with Gasteiger partial charge in [-0.2, -0.15) is 0 Å². The first-order valence-electron chi connectivity index (χ1n) is 3.87. The molecular weight excluding hydrogens is 110 g/mol. The van der Waals surface area contributed by atoms with Crippen molar-refractivity contribution < 1.29 is 0 Å². The first kappa shape index (κ1) is 7.07. The van der Waals surface area contributed by atoms with Gasteiger partial charge in [0.25, 0.3) is 0 Å². The summed E-state index contributed by atoms with van der Waals surface area (Å²) in [5.41, 5.74) is 0.550. The smallest absolute Gasteiger partial charge is 0.000576 e. The highest BCUT2D eigenvalue weighted by molar-refractivity contribution is 4.87. The lowest BCUT2D eigenvalue weighted by Gasteiger charge is -2.23. The summed E-state index contributed by atoms with van der Waals surface area (Å²) in [7, 11) is 0. The molecule has 1 aliphatic rings. The van der Waals surface area contributed by atoms with E-state index in [9.17, 15) is 0 Å². The van der Waals surface area contributed by atoms with E-state index in [1.807, 2.05) is 0 Å². The van der Waals surface area contributed by atoms with Gasteiger partial charge in [-0.25, -0.2) is 0 Å². The lowest BCUT2D eigenvalue weighted by molar-refractivity contribution is 0.282. The van der Waals surface area contributed by atoms with Crippen molar-refractivity contribution in [3.63, 3.8) is 0 Å². The predicted octanol–water partition coefficient (Wildman–Crippen LogP) is 1.64. The van der Waals surface area contributed by atoms with Crippen LogP contribution in [0.15, 0.2) is 0 Å². The highest BCUT2D eigenvalue weighted by Crippen LogP contribution is 2.31. The number of nitrogens with one attached hydrogen (secondary N) is 1. The maximum Gasteiger partial charge on any atom is 0.000576 e. The third kappa shape index (κ3) is 1.26. The molecule has 0 bridgehead atoms. The van der Waals surface area contributed by atoms with Gasteiger partial charge >= 0.3 is 0 Å². The Balaban J connectivity index is 2.52. The Labute approximate surface area is 57.8 Å². The monoisotopic (exact) mass is 127 g/mol. The van der Waals surface area contributed by atoms with Gasteiger partial charge in [-0.05, 0) is 17.9 Å². The number of hydrogen-bond acceptors (Lipinski definition) is 1. The molecule has 9 heavy (non-hydrogen) atoms. The Kier molecular flexibility index (Phi) is 1.80. The van der Waals surface area contributed by atoms with Crippen LogP contribution < -0.4 is 5.32 Å². The zero-order valence-electron chi connectivity index (χ0n) is 6.70. The molecule has 0 aromatic rings. The van der Waals surface area contributed by atoms with Crippen molar-refractivity contribution in [2.45, 2.75) is 27.2 Å². The van der Waals surface area contributed by atoms with Crippen LogP contribution in [0.25, 0.3) is 0 Å². The Bertz CT molecular complexity index is 96.7. The molecule has 0 aliphatic carbocycles. The number of rotatable bonds is 1. The summed E-state index contributed by atoms with van der Waals surface area (Å²) in [6.45, 7) is 9.40. The molecule has 1 heteroatoms. The van der Waals surface area contributed by atoms with Gasteiger partial charge in [-0.3, -0.25) is 0 Å². The van der Waals surface area contributed by atoms with Crippen LogP contribution in [-0.4, -0.2) is 13.1 Å². The molecule has 54 valence electrons. The summed E-state index contributed by atoms with van der Waals surface area (Å²) in [4.78, 5) is 0. The van der Waals surface area contributed by atoms with Gasteiger partial charge in [0.15, 0.2) is 0 Å². The van der Waals surface area contributed by atoms with Gasteiger partial charge in [0.05, 0.1) is 0 Å². The van der Waals surface area contributed by atoms with E-state index in [4.69, 9.17) is 0 Å². The molecule has 1 saturated heterocycles. The second-order valence-corrected chi connectivity index (χ2v) is 3.72. The van der Waals surface area contributed by atoms with Crippen LogP contribution in [0.1, 0.15) is 27.2 Å². The Morgan fingerprint density at radius 3 is 2.44 bits per heavy atom. The Morgan fingerprint density at radius 2 is 2.22 bits per heavy atom. The molecule has 0 amide bonds. The molecule has 0 saturated carbocycles. The zero-order chi connectivity index (χ0) is 6.91. The largest absolute Gasteiger partial charge is 0.316 e. The van der Waals surface area contributed by atoms with Crippen molar-refractivity contribution in [3.05, 3.63) is 0 Å². The fourth-order valence-electron chi connectivity index (χ4n) is 1.69. The average molecular weight is 127 g/mol. The third-order valence-electron chi connectivity index (χ3n) is 2.57. The zero-order valence-corrected chi connectivity index (χ0v) is 6.70. The molecule has 1 nitrogen and oxygen atoms in total. The highest BCUT2D eigenvalue weighted by Gasteiger charge is 2.32. The first-order chi connectivity index (χ1) is 4.17. The van der Waals surface area contributed by atoms with E-state index in [2.05, 4.69) is 26.1 Å². The van der Waals surface area contributed by atoms with Gasteiger partial charge < -0.3 is 5.32 Å². The molecule has 0 aromatic heterocycles. The van der Waals surface area contributed by atoms with E-state index in [0.717, 1.165) is 5.92 Å². The summed E-state index contributed by atoms with van der Waals surface area (Å²) in [5, 5.41) is 3.41. The minimum absolute atomic E-state index is 0.550. The molecule has 1 heterocycles. The molecule has 1 unspecified atom stereocenters. The standard InChI is InChI=1S/C8H17N/c1-4-7-5-9-6-8(7,2)3/h7,9H,4-6H2,1-3H3. The van der Waals surface area contributed by atoms with Gasteiger partial charge in [-0.1, -0.05) is 27.2 Å². The summed E-state index contributed by atoms with van der Waals surface area (Å²) < 4.78 is 0. The van der Waals surface area contributed by atoms with Crippen molar-refractivity contribution in [1.29, 1.82) is 0 Å². The van der Waals surface area contributed by atoms with E-state index in [1.54, 1.807) is 0 Å². The van der Waals surface area contributed by atoms with Gasteiger partial charge in [-0.15, -0.1) is 0 Å². The second-order valence-electron chi connectivity index (χ2n) is 3.72. The Morgan fingerprint density at radius 1 is 1.56 bits per heavy atom. The quantitative estimate of drug-likeness (QED) is 0.564. The van der Waals surface area contributed by atoms with E-state index in [0.29, 0.717) is 5.41 Å². The molecular formula is C8H17N. The van der Waals surface area contributed by atoms with Gasteiger partial charge in [0.2, 0.25) is 0 Å². The van der Waals surface area contributed by atoms with Crippen molar-refractivity contribution in [3.8, 4) is 0 Å². The van der Waals surface area contributed by atoms with Crippen LogP contribution in [0.2, 0.25) is 0 Å². The highest BCUT2D eigenvalue weighted by atomic mass is 14.9. The van der Waals surface area contributed by atoms with E-state index >= 15 is 0 Å². The van der Waals surface area contributed by atoms with Crippen molar-refractivity contribution in [1.82, 2.24) is 5.32 Å². The molecule has 0 radical (unpaired) electrons. The minimum atomic E-state index is 0.550. The third-order valence-corrected chi connectivity index (χ3v) is 2.57. The van der Waals surface area contributed by atoms with Crippen LogP contribution in [0.4, 0.5) is 0 Å². The van der Waals surface area contributed by atoms with E-state index in [-0.39, 0.29) is 0 Å². The van der Waals surface area contributed by atoms with Crippen LogP contribution in [-0.2, 0) is 0 Å². The summed E-state index contributed by atoms with van der Waals surface area (Å²) in [6, 6.07) is 0. The molecule has 0 spiro atoms. The average Bonchev–Trinajstić information content (AvgIpc) is 2.08. The van der Waals surface area contributed by atoms with Crippen molar-refractivity contribution in [2.24, 2.45) is 11.3 Å². The maximum absolute atomic E-state index is 3.41. The SMILES string of the molecule is CCC1CNCC1(C)C. The topological polar surface area (TPSA) is 12.0 Å². The number of hydrogen-bond donors (Lipinski definition) is 1. The van der Waals surface area contributed by atoms with Gasteiger partial charge in [0.1, 0.15) is 0 Å². The summed E-state index contributed by atoms with van der Waals surface area (Å²) in [5.74, 6) is 0.900. The lowest BCUT2D eigenvalue weighted by Crippen LogP contribution is -2.21. The van der Waals surface area contributed by atoms with Crippen LogP contribution >= 0.6 is 0 Å².